The van der Waals surface area contributed by atoms with Crippen molar-refractivity contribution < 1.29 is 9.90 Å². The Labute approximate surface area is 118 Å². The summed E-state index contributed by atoms with van der Waals surface area (Å²) in [6, 6.07) is 6.71. The van der Waals surface area contributed by atoms with E-state index in [0.29, 0.717) is 0 Å². The smallest absolute Gasteiger partial charge is 0.263 e. The fourth-order valence-corrected chi connectivity index (χ4v) is 1.51. The standard InChI is InChI=1S/C15H19N3O2/c1-4-11(3)18-15(20)12(8-16)9-17-14-6-5-13(19)7-10(14)2/h5-7,9,11,17,19H,4H2,1-3H3,(H,18,20)/b12-9-. The van der Waals surface area contributed by atoms with Gasteiger partial charge in [0.05, 0.1) is 0 Å². The molecule has 1 aromatic rings. The van der Waals surface area contributed by atoms with Gasteiger partial charge in [0.15, 0.2) is 0 Å². The maximum absolute atomic E-state index is 11.8. The molecule has 0 heterocycles. The molecule has 0 saturated heterocycles. The van der Waals surface area contributed by atoms with Crippen LogP contribution in [0.15, 0.2) is 30.0 Å². The van der Waals surface area contributed by atoms with Crippen LogP contribution in [0.4, 0.5) is 5.69 Å². The first-order chi connectivity index (χ1) is 9.47. The lowest BCUT2D eigenvalue weighted by Crippen LogP contribution is -2.33. The van der Waals surface area contributed by atoms with E-state index in [4.69, 9.17) is 5.26 Å². The third-order valence-corrected chi connectivity index (χ3v) is 2.94. The predicted octanol–water partition coefficient (Wildman–Crippen LogP) is 2.43. The summed E-state index contributed by atoms with van der Waals surface area (Å²) in [7, 11) is 0. The monoisotopic (exact) mass is 273 g/mol. The van der Waals surface area contributed by atoms with Gasteiger partial charge in [-0.15, -0.1) is 0 Å². The van der Waals surface area contributed by atoms with E-state index in [1.54, 1.807) is 12.1 Å². The predicted molar refractivity (Wildman–Crippen MR) is 78.1 cm³/mol. The highest BCUT2D eigenvalue weighted by Crippen LogP contribution is 2.20. The highest BCUT2D eigenvalue weighted by Gasteiger charge is 2.11. The highest BCUT2D eigenvalue weighted by molar-refractivity contribution is 5.97. The fraction of sp³-hybridized carbons (Fsp3) is 0.333. The summed E-state index contributed by atoms with van der Waals surface area (Å²) in [5.74, 6) is -0.224. The molecular weight excluding hydrogens is 254 g/mol. The first kappa shape index (κ1) is 15.6. The number of aromatic hydroxyl groups is 1. The van der Waals surface area contributed by atoms with Crippen molar-refractivity contribution in [1.82, 2.24) is 5.32 Å². The maximum atomic E-state index is 11.8. The van der Waals surface area contributed by atoms with Crippen LogP contribution in [0.1, 0.15) is 25.8 Å². The number of benzene rings is 1. The zero-order chi connectivity index (χ0) is 15.1. The molecule has 0 radical (unpaired) electrons. The molecule has 3 N–H and O–H groups in total. The van der Waals surface area contributed by atoms with Gasteiger partial charge in [0.25, 0.3) is 5.91 Å². The summed E-state index contributed by atoms with van der Waals surface area (Å²) in [6.07, 6.45) is 2.17. The molecule has 0 spiro atoms. The molecule has 0 aliphatic heterocycles. The van der Waals surface area contributed by atoms with Gasteiger partial charge < -0.3 is 15.7 Å². The van der Waals surface area contributed by atoms with Crippen LogP contribution in [-0.2, 0) is 4.79 Å². The number of nitrogens with one attached hydrogen (secondary N) is 2. The van der Waals surface area contributed by atoms with E-state index in [-0.39, 0.29) is 17.4 Å². The molecule has 0 saturated carbocycles. The fourth-order valence-electron chi connectivity index (χ4n) is 1.51. The molecule has 20 heavy (non-hydrogen) atoms. The van der Waals surface area contributed by atoms with Crippen LogP contribution in [0.2, 0.25) is 0 Å². The quantitative estimate of drug-likeness (QED) is 0.437. The molecule has 5 nitrogen and oxygen atoms in total. The topological polar surface area (TPSA) is 85.2 Å². The Bertz CT molecular complexity index is 559. The van der Waals surface area contributed by atoms with Crippen LogP contribution >= 0.6 is 0 Å². The summed E-state index contributed by atoms with van der Waals surface area (Å²) >= 11 is 0. The zero-order valence-electron chi connectivity index (χ0n) is 11.9. The van der Waals surface area contributed by atoms with Crippen molar-refractivity contribution in [3.63, 3.8) is 0 Å². The van der Waals surface area contributed by atoms with Crippen LogP contribution in [-0.4, -0.2) is 17.1 Å². The minimum atomic E-state index is -0.397. The SMILES string of the molecule is CCC(C)NC(=O)/C(C#N)=C\Nc1ccc(O)cc1C. The van der Waals surface area contributed by atoms with Crippen molar-refractivity contribution in [2.75, 3.05) is 5.32 Å². The van der Waals surface area contributed by atoms with E-state index in [2.05, 4.69) is 10.6 Å². The number of carbonyl (C=O) groups is 1. The summed E-state index contributed by atoms with van der Waals surface area (Å²) in [4.78, 5) is 11.8. The molecule has 5 heteroatoms. The number of nitriles is 1. The lowest BCUT2D eigenvalue weighted by molar-refractivity contribution is -0.117. The molecule has 1 aromatic carbocycles. The number of phenols is 1. The van der Waals surface area contributed by atoms with Crippen LogP contribution in [0.5, 0.6) is 5.75 Å². The maximum Gasteiger partial charge on any atom is 0.263 e. The van der Waals surface area contributed by atoms with Crippen LogP contribution in [0, 0.1) is 18.3 Å². The van der Waals surface area contributed by atoms with Gasteiger partial charge in [-0.05, 0) is 44.0 Å². The number of hydrogen-bond acceptors (Lipinski definition) is 4. The number of rotatable bonds is 5. The number of amides is 1. The summed E-state index contributed by atoms with van der Waals surface area (Å²) < 4.78 is 0. The molecule has 0 aromatic heterocycles. The van der Waals surface area contributed by atoms with E-state index < -0.39 is 5.91 Å². The average molecular weight is 273 g/mol. The lowest BCUT2D eigenvalue weighted by Gasteiger charge is -2.11. The minimum Gasteiger partial charge on any atom is -0.508 e. The first-order valence-electron chi connectivity index (χ1n) is 6.45. The van der Waals surface area contributed by atoms with Gasteiger partial charge in [-0.1, -0.05) is 6.92 Å². The van der Waals surface area contributed by atoms with Gasteiger partial charge in [-0.2, -0.15) is 5.26 Å². The van der Waals surface area contributed by atoms with Gasteiger partial charge in [0, 0.05) is 17.9 Å². The van der Waals surface area contributed by atoms with Crippen molar-refractivity contribution in [2.24, 2.45) is 0 Å². The Morgan fingerprint density at radius 3 is 2.80 bits per heavy atom. The van der Waals surface area contributed by atoms with Gasteiger partial charge in [0.2, 0.25) is 0 Å². The van der Waals surface area contributed by atoms with E-state index >= 15 is 0 Å². The molecule has 0 aliphatic carbocycles. The highest BCUT2D eigenvalue weighted by atomic mass is 16.3. The van der Waals surface area contributed by atoms with E-state index in [1.165, 1.54) is 12.3 Å². The Morgan fingerprint density at radius 1 is 1.55 bits per heavy atom. The molecule has 1 rings (SSSR count). The van der Waals surface area contributed by atoms with Gasteiger partial charge >= 0.3 is 0 Å². The third kappa shape index (κ3) is 4.32. The van der Waals surface area contributed by atoms with Gasteiger partial charge in [-0.25, -0.2) is 0 Å². The second kappa shape index (κ2) is 7.19. The number of phenolic OH excluding ortho intramolecular Hbond substituents is 1. The molecule has 1 unspecified atom stereocenters. The van der Waals surface area contributed by atoms with Gasteiger partial charge in [0.1, 0.15) is 17.4 Å². The van der Waals surface area contributed by atoms with Crippen LogP contribution in [0.3, 0.4) is 0 Å². The van der Waals surface area contributed by atoms with E-state index in [0.717, 1.165) is 17.7 Å². The average Bonchev–Trinajstić information content (AvgIpc) is 2.41. The van der Waals surface area contributed by atoms with E-state index in [1.807, 2.05) is 26.8 Å². The second-order valence-electron chi connectivity index (χ2n) is 4.60. The zero-order valence-corrected chi connectivity index (χ0v) is 11.9. The molecular formula is C15H19N3O2. The molecule has 0 fully saturated rings. The van der Waals surface area contributed by atoms with Crippen molar-refractivity contribution in [3.8, 4) is 11.8 Å². The Morgan fingerprint density at radius 2 is 2.25 bits per heavy atom. The lowest BCUT2D eigenvalue weighted by atomic mass is 10.2. The first-order valence-corrected chi connectivity index (χ1v) is 6.45. The molecule has 106 valence electrons. The van der Waals surface area contributed by atoms with Crippen molar-refractivity contribution >= 4 is 11.6 Å². The summed E-state index contributed by atoms with van der Waals surface area (Å²) in [5, 5.41) is 24.0. The minimum absolute atomic E-state index is 0.0118. The van der Waals surface area contributed by atoms with Gasteiger partial charge in [-0.3, -0.25) is 4.79 Å². The normalized spacial score (nSPS) is 12.4. The number of aryl methyl sites for hydroxylation is 1. The van der Waals surface area contributed by atoms with Crippen molar-refractivity contribution in [2.45, 2.75) is 33.2 Å². The number of hydrogen-bond donors (Lipinski definition) is 3. The Balaban J connectivity index is 2.80. The van der Waals surface area contributed by atoms with E-state index in [9.17, 15) is 9.90 Å². The number of carbonyl (C=O) groups excluding carboxylic acids is 1. The molecule has 0 bridgehead atoms. The summed E-state index contributed by atoms with van der Waals surface area (Å²) in [5.41, 5.74) is 1.56. The van der Waals surface area contributed by atoms with Crippen LogP contribution in [0.25, 0.3) is 0 Å². The third-order valence-electron chi connectivity index (χ3n) is 2.94. The Hall–Kier alpha value is -2.48. The summed E-state index contributed by atoms with van der Waals surface area (Å²) in [6.45, 7) is 5.66. The number of nitrogens with zero attached hydrogens (tertiary/aromatic N) is 1. The molecule has 1 amide bonds. The number of anilines is 1. The van der Waals surface area contributed by atoms with Crippen molar-refractivity contribution in [1.29, 1.82) is 5.26 Å². The molecule has 1 atom stereocenters. The Kier molecular flexibility index (Phi) is 5.60. The van der Waals surface area contributed by atoms with Crippen LogP contribution < -0.4 is 10.6 Å². The second-order valence-corrected chi connectivity index (χ2v) is 4.60. The molecule has 0 aliphatic rings. The van der Waals surface area contributed by atoms with Crippen molar-refractivity contribution in [3.05, 3.63) is 35.5 Å². The largest absolute Gasteiger partial charge is 0.508 e.